The summed E-state index contributed by atoms with van der Waals surface area (Å²) < 4.78 is 41.7. The van der Waals surface area contributed by atoms with Crippen LogP contribution in [0.2, 0.25) is 0 Å². The summed E-state index contributed by atoms with van der Waals surface area (Å²) in [4.78, 5) is 0. The van der Waals surface area contributed by atoms with E-state index in [2.05, 4.69) is 27.7 Å². The first-order valence-electron chi connectivity index (χ1n) is 8.58. The maximum Gasteiger partial charge on any atom is 0.282 e. The van der Waals surface area contributed by atoms with Crippen LogP contribution in [0.25, 0.3) is 0 Å². The molecule has 0 aromatic heterocycles. The average molecular weight is 359 g/mol. The van der Waals surface area contributed by atoms with E-state index in [1.165, 1.54) is 16.4 Å². The first kappa shape index (κ1) is 21.1. The molecule has 0 bridgehead atoms. The summed E-state index contributed by atoms with van der Waals surface area (Å²) in [6.45, 7) is 9.67. The van der Waals surface area contributed by atoms with Crippen LogP contribution >= 0.6 is 0 Å². The highest BCUT2D eigenvalue weighted by Crippen LogP contribution is 2.16. The zero-order chi connectivity index (χ0) is 18.3. The van der Waals surface area contributed by atoms with Gasteiger partial charge in [0.1, 0.15) is 5.82 Å². The maximum atomic E-state index is 13.0. The lowest BCUT2D eigenvalue weighted by molar-refractivity contribution is 0.324. The lowest BCUT2D eigenvalue weighted by atomic mass is 10.1. The Morgan fingerprint density at radius 1 is 0.958 bits per heavy atom. The Kier molecular flexibility index (Phi) is 8.33. The molecular weight excluding hydrogens is 327 g/mol. The fourth-order valence-corrected chi connectivity index (χ4v) is 3.65. The first-order valence-corrected chi connectivity index (χ1v) is 9.98. The Hall–Kier alpha value is -0.980. The number of nitrogens with zero attached hydrogens (tertiary/aromatic N) is 2. The van der Waals surface area contributed by atoms with Crippen molar-refractivity contribution in [3.8, 4) is 0 Å². The molecule has 1 aromatic carbocycles. The molecule has 4 nitrogen and oxygen atoms in total. The fourth-order valence-electron chi connectivity index (χ4n) is 2.27. The standard InChI is InChI=1S/C18H31FN2O2S/c1-15(2)10-12-21(13-11-16(3)4)24(22,23)20(5)14-17-6-8-18(19)9-7-17/h6-9,15-16H,10-14H2,1-5H3. The zero-order valence-corrected chi connectivity index (χ0v) is 16.3. The third-order valence-corrected chi connectivity index (χ3v) is 5.88. The Morgan fingerprint density at radius 2 is 1.42 bits per heavy atom. The number of hydrogen-bond acceptors (Lipinski definition) is 2. The molecule has 0 unspecified atom stereocenters. The van der Waals surface area contributed by atoms with Gasteiger partial charge in [-0.15, -0.1) is 0 Å². The summed E-state index contributed by atoms with van der Waals surface area (Å²) in [5.41, 5.74) is 0.773. The first-order chi connectivity index (χ1) is 11.1. The van der Waals surface area contributed by atoms with E-state index < -0.39 is 10.2 Å². The average Bonchev–Trinajstić information content (AvgIpc) is 2.48. The second-order valence-electron chi connectivity index (χ2n) is 7.15. The minimum Gasteiger partial charge on any atom is -0.207 e. The van der Waals surface area contributed by atoms with Crippen molar-refractivity contribution >= 4 is 10.2 Å². The van der Waals surface area contributed by atoms with E-state index in [4.69, 9.17) is 0 Å². The summed E-state index contributed by atoms with van der Waals surface area (Å²) in [5, 5.41) is 0. The molecule has 0 saturated heterocycles. The number of halogens is 1. The highest BCUT2D eigenvalue weighted by molar-refractivity contribution is 7.86. The van der Waals surface area contributed by atoms with Gasteiger partial charge in [0.2, 0.25) is 0 Å². The normalized spacial score (nSPS) is 12.8. The van der Waals surface area contributed by atoms with Crippen LogP contribution in [0.15, 0.2) is 24.3 Å². The molecule has 24 heavy (non-hydrogen) atoms. The monoisotopic (exact) mass is 358 g/mol. The molecule has 138 valence electrons. The smallest absolute Gasteiger partial charge is 0.207 e. The molecular formula is C18H31FN2O2S. The van der Waals surface area contributed by atoms with Gasteiger partial charge in [0.05, 0.1) is 0 Å². The summed E-state index contributed by atoms with van der Waals surface area (Å²) in [6, 6.07) is 5.94. The third-order valence-electron chi connectivity index (χ3n) is 3.95. The van der Waals surface area contributed by atoms with Crippen molar-refractivity contribution in [1.29, 1.82) is 0 Å². The maximum absolute atomic E-state index is 13.0. The van der Waals surface area contributed by atoms with Crippen LogP contribution < -0.4 is 0 Å². The van der Waals surface area contributed by atoms with E-state index in [1.807, 2.05) is 0 Å². The van der Waals surface area contributed by atoms with Gasteiger partial charge < -0.3 is 0 Å². The van der Waals surface area contributed by atoms with Gasteiger partial charge in [0.25, 0.3) is 10.2 Å². The van der Waals surface area contributed by atoms with Gasteiger partial charge >= 0.3 is 0 Å². The van der Waals surface area contributed by atoms with Crippen LogP contribution in [0, 0.1) is 17.7 Å². The molecule has 1 aromatic rings. The minimum atomic E-state index is -3.53. The fraction of sp³-hybridized carbons (Fsp3) is 0.667. The lowest BCUT2D eigenvalue weighted by Crippen LogP contribution is -2.43. The van der Waals surface area contributed by atoms with Gasteiger partial charge in [0.15, 0.2) is 0 Å². The van der Waals surface area contributed by atoms with Crippen molar-refractivity contribution in [2.45, 2.75) is 47.1 Å². The van der Waals surface area contributed by atoms with E-state index >= 15 is 0 Å². The molecule has 0 atom stereocenters. The van der Waals surface area contributed by atoms with E-state index in [1.54, 1.807) is 23.5 Å². The van der Waals surface area contributed by atoms with E-state index in [-0.39, 0.29) is 12.4 Å². The van der Waals surface area contributed by atoms with Crippen molar-refractivity contribution in [3.63, 3.8) is 0 Å². The second-order valence-corrected chi connectivity index (χ2v) is 9.19. The van der Waals surface area contributed by atoms with Crippen LogP contribution in [-0.2, 0) is 16.8 Å². The SMILES string of the molecule is CC(C)CCN(CCC(C)C)S(=O)(=O)N(C)Cc1ccc(F)cc1. The van der Waals surface area contributed by atoms with E-state index in [0.717, 1.165) is 18.4 Å². The number of hydrogen-bond donors (Lipinski definition) is 0. The third kappa shape index (κ3) is 6.87. The second kappa shape index (κ2) is 9.49. The van der Waals surface area contributed by atoms with Gasteiger partial charge in [-0.3, -0.25) is 0 Å². The van der Waals surface area contributed by atoms with Gasteiger partial charge in [-0.25, -0.2) is 4.39 Å². The quantitative estimate of drug-likeness (QED) is 0.636. The number of benzene rings is 1. The Balaban J connectivity index is 2.84. The van der Waals surface area contributed by atoms with E-state index in [0.29, 0.717) is 24.9 Å². The summed E-state index contributed by atoms with van der Waals surface area (Å²) in [7, 11) is -1.95. The lowest BCUT2D eigenvalue weighted by Gasteiger charge is -2.28. The van der Waals surface area contributed by atoms with Crippen molar-refractivity contribution < 1.29 is 12.8 Å². The Labute approximate surface area is 146 Å². The summed E-state index contributed by atoms with van der Waals surface area (Å²) in [6.07, 6.45) is 1.67. The van der Waals surface area contributed by atoms with Gasteiger partial charge in [0, 0.05) is 26.7 Å². The Morgan fingerprint density at radius 3 is 1.83 bits per heavy atom. The largest absolute Gasteiger partial charge is 0.282 e. The van der Waals surface area contributed by atoms with Crippen LogP contribution in [0.5, 0.6) is 0 Å². The molecule has 0 fully saturated rings. The molecule has 0 saturated carbocycles. The van der Waals surface area contributed by atoms with Crippen molar-refractivity contribution in [2.24, 2.45) is 11.8 Å². The molecule has 0 radical (unpaired) electrons. The van der Waals surface area contributed by atoms with Gasteiger partial charge in [-0.2, -0.15) is 17.0 Å². The predicted molar refractivity (Wildman–Crippen MR) is 97.3 cm³/mol. The highest BCUT2D eigenvalue weighted by Gasteiger charge is 2.27. The Bertz CT molecular complexity index is 574. The molecule has 1 rings (SSSR count). The van der Waals surface area contributed by atoms with Crippen LogP contribution in [0.3, 0.4) is 0 Å². The molecule has 6 heteroatoms. The van der Waals surface area contributed by atoms with E-state index in [9.17, 15) is 12.8 Å². The van der Waals surface area contributed by atoms with Crippen LogP contribution in [0.4, 0.5) is 4.39 Å². The summed E-state index contributed by atoms with van der Waals surface area (Å²) in [5.74, 6) is 0.577. The van der Waals surface area contributed by atoms with Gasteiger partial charge in [-0.1, -0.05) is 39.8 Å². The summed E-state index contributed by atoms with van der Waals surface area (Å²) >= 11 is 0. The zero-order valence-electron chi connectivity index (χ0n) is 15.5. The van der Waals surface area contributed by atoms with Crippen molar-refractivity contribution in [3.05, 3.63) is 35.6 Å². The molecule has 0 amide bonds. The van der Waals surface area contributed by atoms with Crippen molar-refractivity contribution in [2.75, 3.05) is 20.1 Å². The van der Waals surface area contributed by atoms with Crippen LogP contribution in [0.1, 0.15) is 46.1 Å². The molecule has 0 aliphatic carbocycles. The number of rotatable bonds is 10. The van der Waals surface area contributed by atoms with Crippen molar-refractivity contribution in [1.82, 2.24) is 8.61 Å². The topological polar surface area (TPSA) is 40.6 Å². The minimum absolute atomic E-state index is 0.239. The van der Waals surface area contributed by atoms with Gasteiger partial charge in [-0.05, 0) is 42.4 Å². The molecule has 0 aliphatic heterocycles. The molecule has 0 N–H and O–H groups in total. The molecule has 0 spiro atoms. The van der Waals surface area contributed by atoms with Crippen LogP contribution in [-0.4, -0.2) is 37.2 Å². The molecule has 0 aliphatic rings. The highest BCUT2D eigenvalue weighted by atomic mass is 32.2. The molecule has 0 heterocycles. The predicted octanol–water partition coefficient (Wildman–Crippen LogP) is 3.90.